The number of hydrogen-bond donors (Lipinski definition) is 8. The Labute approximate surface area is 275 Å². The third kappa shape index (κ3) is 5.99. The number of phenolic OH excluding ortho intramolecular Hbond substituents is 5. The zero-order valence-corrected chi connectivity index (χ0v) is 25.3. The fourth-order valence-electron chi connectivity index (χ4n) is 5.49. The van der Waals surface area contributed by atoms with E-state index in [0.29, 0.717) is 16.9 Å². The predicted octanol–water partition coefficient (Wildman–Crippen LogP) is 3.27. The van der Waals surface area contributed by atoms with Gasteiger partial charge in [0.2, 0.25) is 11.2 Å². The Morgan fingerprint density at radius 1 is 0.694 bits per heavy atom. The van der Waals surface area contributed by atoms with Crippen LogP contribution in [0.4, 0.5) is 0 Å². The van der Waals surface area contributed by atoms with Crippen LogP contribution in [0.3, 0.4) is 0 Å². The summed E-state index contributed by atoms with van der Waals surface area (Å²) in [6.45, 7) is -0.349. The third-order valence-electron chi connectivity index (χ3n) is 7.82. The molecule has 49 heavy (non-hydrogen) atoms. The summed E-state index contributed by atoms with van der Waals surface area (Å²) in [6, 6.07) is 13.7. The zero-order chi connectivity index (χ0) is 35.1. The normalized spacial score (nSPS) is 19.3. The molecule has 0 fully saturated rings. The van der Waals surface area contributed by atoms with E-state index in [2.05, 4.69) is 0 Å². The van der Waals surface area contributed by atoms with Crippen molar-refractivity contribution < 1.29 is 69.0 Å². The number of hydrogen-bond acceptors (Lipinski definition) is 15. The van der Waals surface area contributed by atoms with Crippen molar-refractivity contribution in [1.29, 1.82) is 0 Å². The lowest BCUT2D eigenvalue weighted by Crippen LogP contribution is -2.37. The van der Waals surface area contributed by atoms with Crippen molar-refractivity contribution in [2.24, 2.45) is 0 Å². The van der Waals surface area contributed by atoms with Crippen molar-refractivity contribution in [3.8, 4) is 57.5 Å². The number of ketones is 1. The molecule has 0 bridgehead atoms. The summed E-state index contributed by atoms with van der Waals surface area (Å²) >= 11 is 0. The van der Waals surface area contributed by atoms with Crippen molar-refractivity contribution >= 4 is 16.8 Å². The summed E-state index contributed by atoms with van der Waals surface area (Å²) in [5.41, 5.74) is 0.0372. The Morgan fingerprint density at radius 3 is 2.10 bits per heavy atom. The van der Waals surface area contributed by atoms with Gasteiger partial charge < -0.3 is 64.2 Å². The molecule has 2 aliphatic rings. The summed E-state index contributed by atoms with van der Waals surface area (Å²) in [6.07, 6.45) is -3.43. The van der Waals surface area contributed by atoms with E-state index in [0.717, 1.165) is 18.4 Å². The van der Waals surface area contributed by atoms with Crippen LogP contribution in [0.15, 0.2) is 76.1 Å². The highest BCUT2D eigenvalue weighted by Gasteiger charge is 2.40. The fourth-order valence-corrected chi connectivity index (χ4v) is 5.49. The molecule has 0 aliphatic carbocycles. The van der Waals surface area contributed by atoms with Gasteiger partial charge in [0, 0.05) is 29.8 Å². The molecule has 0 radical (unpaired) electrons. The van der Waals surface area contributed by atoms with Gasteiger partial charge in [-0.1, -0.05) is 12.1 Å². The van der Waals surface area contributed by atoms with E-state index in [9.17, 15) is 40.2 Å². The second-order valence-corrected chi connectivity index (χ2v) is 11.0. The molecule has 7 rings (SSSR count). The lowest BCUT2D eigenvalue weighted by atomic mass is 9.92. The molecule has 2 aliphatic heterocycles. The van der Waals surface area contributed by atoms with Crippen molar-refractivity contribution in [3.63, 3.8) is 0 Å². The minimum atomic E-state index is -1.62. The quantitative estimate of drug-likeness (QED) is 0.136. The van der Waals surface area contributed by atoms with Gasteiger partial charge in [-0.05, 0) is 29.8 Å². The Bertz CT molecular complexity index is 2140. The van der Waals surface area contributed by atoms with Gasteiger partial charge in [0.25, 0.3) is 0 Å². The number of ether oxygens (including phenoxy) is 4. The maximum atomic E-state index is 12.7. The van der Waals surface area contributed by atoms with Crippen molar-refractivity contribution in [3.05, 3.63) is 93.8 Å². The molecule has 15 nitrogen and oxygen atoms in total. The van der Waals surface area contributed by atoms with E-state index >= 15 is 0 Å². The molecule has 1 aromatic heterocycles. The number of carbonyl (C=O) groups is 1. The van der Waals surface area contributed by atoms with E-state index in [-0.39, 0.29) is 57.6 Å². The van der Waals surface area contributed by atoms with Gasteiger partial charge >= 0.3 is 0 Å². The van der Waals surface area contributed by atoms with E-state index in [1.54, 1.807) is 30.3 Å². The topological polar surface area (TPSA) is 246 Å². The molecule has 0 saturated heterocycles. The first-order chi connectivity index (χ1) is 23.4. The Morgan fingerprint density at radius 2 is 1.37 bits per heavy atom. The van der Waals surface area contributed by atoms with E-state index in [1.165, 1.54) is 25.3 Å². The van der Waals surface area contributed by atoms with Gasteiger partial charge in [-0.15, -0.1) is 0 Å². The first-order valence-corrected chi connectivity index (χ1v) is 14.5. The SMILES string of the molecule is COc1cc(C2Oc3cc(C4Oc5cc(O)cc(O)c5C(=O)C4O)ccc3OC2CO)ccc1O.O=c1c(O)coc2cc(O)cc(O)c12. The van der Waals surface area contributed by atoms with E-state index in [4.69, 9.17) is 33.6 Å². The number of aromatic hydroxyl groups is 6. The molecule has 4 unspecified atom stereocenters. The Hall–Kier alpha value is -6.32. The molecule has 0 spiro atoms. The van der Waals surface area contributed by atoms with Gasteiger partial charge in [-0.3, -0.25) is 9.59 Å². The number of aliphatic hydroxyl groups is 2. The molecular weight excluding hydrogens is 648 g/mol. The molecule has 15 heteroatoms. The van der Waals surface area contributed by atoms with E-state index in [1.807, 2.05) is 0 Å². The lowest BCUT2D eigenvalue weighted by molar-refractivity contribution is -0.0130. The molecule has 254 valence electrons. The van der Waals surface area contributed by atoms with Gasteiger partial charge in [0.15, 0.2) is 53.2 Å². The molecule has 0 amide bonds. The van der Waals surface area contributed by atoms with Gasteiger partial charge in [-0.2, -0.15) is 0 Å². The summed E-state index contributed by atoms with van der Waals surface area (Å²) in [5, 5.41) is 77.5. The van der Waals surface area contributed by atoms with Gasteiger partial charge in [-0.25, -0.2) is 0 Å². The van der Waals surface area contributed by atoms with Crippen LogP contribution >= 0.6 is 0 Å². The molecule has 3 heterocycles. The zero-order valence-electron chi connectivity index (χ0n) is 25.3. The highest BCUT2D eigenvalue weighted by atomic mass is 16.6. The Kier molecular flexibility index (Phi) is 8.46. The van der Waals surface area contributed by atoms with Crippen molar-refractivity contribution in [1.82, 2.24) is 0 Å². The number of rotatable bonds is 4. The first-order valence-electron chi connectivity index (χ1n) is 14.5. The third-order valence-corrected chi connectivity index (χ3v) is 7.82. The number of Topliss-reactive ketones (excluding diaryl/α,β-unsaturated/α-hetero) is 1. The minimum Gasteiger partial charge on any atom is -0.508 e. The summed E-state index contributed by atoms with van der Waals surface area (Å²) in [5.74, 6) is -2.05. The molecular formula is C34H28O15. The molecule has 0 saturated carbocycles. The van der Waals surface area contributed by atoms with Crippen LogP contribution in [0.25, 0.3) is 11.0 Å². The van der Waals surface area contributed by atoms with Crippen LogP contribution < -0.4 is 24.4 Å². The number of fused-ring (bicyclic) bond motifs is 3. The molecule has 4 atom stereocenters. The summed E-state index contributed by atoms with van der Waals surface area (Å²) in [4.78, 5) is 24.0. The highest BCUT2D eigenvalue weighted by Crippen LogP contribution is 2.46. The fraction of sp³-hybridized carbons (Fsp3) is 0.176. The second kappa shape index (κ2) is 12.7. The minimum absolute atomic E-state index is 0.0188. The van der Waals surface area contributed by atoms with Crippen molar-refractivity contribution in [2.45, 2.75) is 24.4 Å². The van der Waals surface area contributed by atoms with Crippen LogP contribution in [0, 0.1) is 0 Å². The number of methoxy groups -OCH3 is 1. The van der Waals surface area contributed by atoms with Crippen LogP contribution in [0.2, 0.25) is 0 Å². The lowest BCUT2D eigenvalue weighted by Gasteiger charge is -2.35. The number of aliphatic hydroxyl groups excluding tert-OH is 2. The van der Waals surface area contributed by atoms with Crippen LogP contribution in [-0.4, -0.2) is 72.6 Å². The maximum Gasteiger partial charge on any atom is 0.238 e. The van der Waals surface area contributed by atoms with Gasteiger partial charge in [0.1, 0.15) is 51.5 Å². The average molecular weight is 677 g/mol. The molecule has 4 aromatic carbocycles. The summed E-state index contributed by atoms with van der Waals surface area (Å²) in [7, 11) is 1.41. The van der Waals surface area contributed by atoms with Crippen LogP contribution in [-0.2, 0) is 0 Å². The number of carbonyl (C=O) groups excluding carboxylic acids is 1. The molecule has 8 N–H and O–H groups in total. The largest absolute Gasteiger partial charge is 0.508 e. The first kappa shape index (κ1) is 32.6. The van der Waals surface area contributed by atoms with Crippen LogP contribution in [0.5, 0.6) is 57.5 Å². The number of phenols is 5. The monoisotopic (exact) mass is 676 g/mol. The van der Waals surface area contributed by atoms with Crippen molar-refractivity contribution in [2.75, 3.05) is 13.7 Å². The van der Waals surface area contributed by atoms with E-state index < -0.39 is 52.9 Å². The predicted molar refractivity (Wildman–Crippen MR) is 167 cm³/mol. The average Bonchev–Trinajstić information content (AvgIpc) is 3.07. The second-order valence-electron chi connectivity index (χ2n) is 11.0. The molecule has 5 aromatic rings. The smallest absolute Gasteiger partial charge is 0.238 e. The standard InChI is InChI=1S/C25H22O10.C9H6O5/c1-32-17-6-11(2-4-14(17)28)24-20(10-26)33-16-5-3-12(7-18(16)34-24)25-23(31)22(30)21-15(29)8-13(27)9-19(21)35-25;10-4-1-5(11)8-7(2-4)14-3-6(12)9(8)13/h2-9,20,23-29,31H,10H2,1H3;1-3,10-12H. The summed E-state index contributed by atoms with van der Waals surface area (Å²) < 4.78 is 27.8. The van der Waals surface area contributed by atoms with Gasteiger partial charge in [0.05, 0.1) is 13.7 Å². The van der Waals surface area contributed by atoms with Crippen LogP contribution in [0.1, 0.15) is 33.7 Å². The number of benzene rings is 4. The Balaban J connectivity index is 0.000000248. The highest BCUT2D eigenvalue weighted by molar-refractivity contribution is 6.05. The maximum absolute atomic E-state index is 12.7.